The summed E-state index contributed by atoms with van der Waals surface area (Å²) in [5.41, 5.74) is 7.58. The summed E-state index contributed by atoms with van der Waals surface area (Å²) in [5, 5.41) is 0. The second-order valence-corrected chi connectivity index (χ2v) is 2.98. The molecule has 0 fully saturated rings. The molecule has 1 radical (unpaired) electrons. The van der Waals surface area contributed by atoms with Crippen molar-refractivity contribution >= 4 is 0 Å². The zero-order valence-electron chi connectivity index (χ0n) is 7.32. The van der Waals surface area contributed by atoms with E-state index in [1.165, 1.54) is 25.7 Å². The van der Waals surface area contributed by atoms with E-state index in [-0.39, 0.29) is 6.04 Å². The van der Waals surface area contributed by atoms with Gasteiger partial charge in [0.1, 0.15) is 0 Å². The van der Waals surface area contributed by atoms with E-state index in [9.17, 15) is 0 Å². The first-order valence-electron chi connectivity index (χ1n) is 4.52. The lowest BCUT2D eigenvalue weighted by atomic mass is 10.1. The van der Waals surface area contributed by atoms with Crippen LogP contribution in [0.5, 0.6) is 0 Å². The third-order valence-electron chi connectivity index (χ3n) is 1.81. The predicted octanol–water partition coefficient (Wildman–Crippen LogP) is 3.02. The Morgan fingerprint density at radius 3 is 1.70 bits per heavy atom. The van der Waals surface area contributed by atoms with Crippen LogP contribution in [0.4, 0.5) is 0 Å². The molecule has 10 heavy (non-hydrogen) atoms. The fraction of sp³-hybridized carbons (Fsp3) is 1.00. The van der Waals surface area contributed by atoms with Crippen LogP contribution in [0.15, 0.2) is 0 Å². The maximum atomic E-state index is 7.58. The highest BCUT2D eigenvalue weighted by Gasteiger charge is 2.00. The summed E-state index contributed by atoms with van der Waals surface area (Å²) in [4.78, 5) is 0. The number of rotatable bonds is 6. The molecule has 0 aromatic heterocycles. The Balaban J connectivity index is 3.00. The second-order valence-electron chi connectivity index (χ2n) is 2.98. The standard InChI is InChI=1S/C9H20N/c1-3-5-7-9(10)8-6-4-2/h9-10H,3-8H2,1-2H3. The van der Waals surface area contributed by atoms with Crippen molar-refractivity contribution in [1.82, 2.24) is 5.73 Å². The van der Waals surface area contributed by atoms with Crippen LogP contribution in [0.2, 0.25) is 0 Å². The minimum absolute atomic E-state index is 0.222. The molecule has 0 aliphatic rings. The Morgan fingerprint density at radius 1 is 1.00 bits per heavy atom. The fourth-order valence-corrected chi connectivity index (χ4v) is 1.05. The molecular formula is C9H20N. The summed E-state index contributed by atoms with van der Waals surface area (Å²) in [7, 11) is 0. The first kappa shape index (κ1) is 9.96. The molecule has 1 N–H and O–H groups in total. The molecule has 1 heteroatoms. The molecule has 1 nitrogen and oxygen atoms in total. The minimum Gasteiger partial charge on any atom is -0.255 e. The zero-order valence-corrected chi connectivity index (χ0v) is 7.32. The normalized spacial score (nSPS) is 10.8. The molecule has 0 bridgehead atoms. The fourth-order valence-electron chi connectivity index (χ4n) is 1.05. The summed E-state index contributed by atoms with van der Waals surface area (Å²) in [6.45, 7) is 4.37. The Hall–Kier alpha value is -0.0400. The van der Waals surface area contributed by atoms with Crippen LogP contribution in [0.3, 0.4) is 0 Å². The van der Waals surface area contributed by atoms with Crippen LogP contribution < -0.4 is 5.73 Å². The molecule has 0 aliphatic heterocycles. The van der Waals surface area contributed by atoms with Crippen molar-refractivity contribution in [3.8, 4) is 0 Å². The highest BCUT2D eigenvalue weighted by Crippen LogP contribution is 2.06. The van der Waals surface area contributed by atoms with Crippen LogP contribution in [-0.2, 0) is 0 Å². The van der Waals surface area contributed by atoms with Crippen molar-refractivity contribution in [2.75, 3.05) is 0 Å². The molecule has 61 valence electrons. The molecule has 0 aliphatic carbocycles. The average molecular weight is 142 g/mol. The van der Waals surface area contributed by atoms with Gasteiger partial charge in [0.2, 0.25) is 0 Å². The average Bonchev–Trinajstić information content (AvgIpc) is 1.97. The maximum Gasteiger partial charge on any atom is 0.0213 e. The van der Waals surface area contributed by atoms with Crippen LogP contribution in [-0.4, -0.2) is 6.04 Å². The highest BCUT2D eigenvalue weighted by molar-refractivity contribution is 4.59. The first-order chi connectivity index (χ1) is 4.81. The number of nitrogens with one attached hydrogen (secondary N) is 1. The number of hydrogen-bond acceptors (Lipinski definition) is 0. The van der Waals surface area contributed by atoms with Gasteiger partial charge in [-0.15, -0.1) is 0 Å². The van der Waals surface area contributed by atoms with Crippen molar-refractivity contribution < 1.29 is 0 Å². The molecule has 0 aromatic rings. The molecule has 0 atom stereocenters. The molecule has 0 amide bonds. The first-order valence-corrected chi connectivity index (χ1v) is 4.52. The quantitative estimate of drug-likeness (QED) is 0.544. The van der Waals surface area contributed by atoms with Crippen molar-refractivity contribution in [3.63, 3.8) is 0 Å². The largest absolute Gasteiger partial charge is 0.255 e. The smallest absolute Gasteiger partial charge is 0.0213 e. The van der Waals surface area contributed by atoms with E-state index in [0.29, 0.717) is 0 Å². The van der Waals surface area contributed by atoms with Gasteiger partial charge in [-0.1, -0.05) is 39.5 Å². The Bertz CT molecular complexity index is 53.7. The van der Waals surface area contributed by atoms with Gasteiger partial charge in [0.25, 0.3) is 0 Å². The van der Waals surface area contributed by atoms with E-state index in [4.69, 9.17) is 5.73 Å². The molecule has 0 saturated carbocycles. The van der Waals surface area contributed by atoms with Gasteiger partial charge in [0.05, 0.1) is 0 Å². The monoisotopic (exact) mass is 142 g/mol. The van der Waals surface area contributed by atoms with E-state index in [1.54, 1.807) is 0 Å². The SMILES string of the molecule is CCCCC([NH])CCCC. The molecule has 0 heterocycles. The van der Waals surface area contributed by atoms with Crippen molar-refractivity contribution in [2.24, 2.45) is 0 Å². The number of hydrogen-bond donors (Lipinski definition) is 0. The van der Waals surface area contributed by atoms with Crippen molar-refractivity contribution in [3.05, 3.63) is 0 Å². The Labute approximate surface area is 65.0 Å². The number of unbranched alkanes of at least 4 members (excludes halogenated alkanes) is 2. The molecule has 0 spiro atoms. The summed E-state index contributed by atoms with van der Waals surface area (Å²) < 4.78 is 0. The second kappa shape index (κ2) is 7.07. The van der Waals surface area contributed by atoms with Gasteiger partial charge in [-0.3, -0.25) is 5.73 Å². The van der Waals surface area contributed by atoms with Crippen LogP contribution >= 0.6 is 0 Å². The van der Waals surface area contributed by atoms with E-state index < -0.39 is 0 Å². The van der Waals surface area contributed by atoms with Gasteiger partial charge >= 0.3 is 0 Å². The van der Waals surface area contributed by atoms with Gasteiger partial charge in [-0.2, -0.15) is 0 Å². The topological polar surface area (TPSA) is 23.8 Å². The van der Waals surface area contributed by atoms with E-state index in [0.717, 1.165) is 12.8 Å². The lowest BCUT2D eigenvalue weighted by Gasteiger charge is -2.07. The molecule has 0 unspecified atom stereocenters. The van der Waals surface area contributed by atoms with Gasteiger partial charge in [0.15, 0.2) is 0 Å². The van der Waals surface area contributed by atoms with Gasteiger partial charge < -0.3 is 0 Å². The van der Waals surface area contributed by atoms with Crippen LogP contribution in [0.25, 0.3) is 0 Å². The van der Waals surface area contributed by atoms with Gasteiger partial charge in [0, 0.05) is 6.04 Å². The molecule has 0 rings (SSSR count). The molecule has 0 aromatic carbocycles. The lowest BCUT2D eigenvalue weighted by molar-refractivity contribution is 0.508. The Morgan fingerprint density at radius 2 is 1.40 bits per heavy atom. The zero-order chi connectivity index (χ0) is 7.82. The third-order valence-corrected chi connectivity index (χ3v) is 1.81. The molecule has 0 saturated heterocycles. The van der Waals surface area contributed by atoms with E-state index in [1.807, 2.05) is 0 Å². The van der Waals surface area contributed by atoms with Crippen molar-refractivity contribution in [2.45, 2.75) is 58.4 Å². The third kappa shape index (κ3) is 6.09. The van der Waals surface area contributed by atoms with Crippen molar-refractivity contribution in [1.29, 1.82) is 0 Å². The van der Waals surface area contributed by atoms with E-state index >= 15 is 0 Å². The summed E-state index contributed by atoms with van der Waals surface area (Å²) in [6, 6.07) is 0.222. The van der Waals surface area contributed by atoms with Gasteiger partial charge in [-0.05, 0) is 12.8 Å². The lowest BCUT2D eigenvalue weighted by Crippen LogP contribution is -2.07. The highest BCUT2D eigenvalue weighted by atomic mass is 14.6. The van der Waals surface area contributed by atoms with E-state index in [2.05, 4.69) is 13.8 Å². The summed E-state index contributed by atoms with van der Waals surface area (Å²) in [6.07, 6.45) is 7.16. The maximum absolute atomic E-state index is 7.58. The summed E-state index contributed by atoms with van der Waals surface area (Å²) >= 11 is 0. The van der Waals surface area contributed by atoms with Crippen LogP contribution in [0, 0.1) is 0 Å². The molecular weight excluding hydrogens is 122 g/mol. The Kier molecular flexibility index (Phi) is 7.04. The summed E-state index contributed by atoms with van der Waals surface area (Å²) in [5.74, 6) is 0. The van der Waals surface area contributed by atoms with Gasteiger partial charge in [-0.25, -0.2) is 0 Å². The van der Waals surface area contributed by atoms with Crippen LogP contribution in [0.1, 0.15) is 52.4 Å². The predicted molar refractivity (Wildman–Crippen MR) is 45.9 cm³/mol. The minimum atomic E-state index is 0.222.